The van der Waals surface area contributed by atoms with Crippen LogP contribution in [0.25, 0.3) is 0 Å². The molecule has 2 aromatic rings. The van der Waals surface area contributed by atoms with Crippen LogP contribution in [0, 0.1) is 0 Å². The molecule has 2 amide bonds. The van der Waals surface area contributed by atoms with E-state index in [0.29, 0.717) is 12.1 Å². The van der Waals surface area contributed by atoms with Gasteiger partial charge in [0.15, 0.2) is 0 Å². The van der Waals surface area contributed by atoms with Gasteiger partial charge in [0, 0.05) is 19.0 Å². The van der Waals surface area contributed by atoms with Gasteiger partial charge in [-0.25, -0.2) is 0 Å². The quantitative estimate of drug-likeness (QED) is 0.739. The first-order chi connectivity index (χ1) is 10.5. The fourth-order valence-corrected chi connectivity index (χ4v) is 2.08. The van der Waals surface area contributed by atoms with Crippen molar-refractivity contribution < 1.29 is 14.7 Å². The Morgan fingerprint density at radius 3 is 2.27 bits per heavy atom. The molecule has 0 saturated heterocycles. The molecule has 1 unspecified atom stereocenters. The first-order valence-electron chi connectivity index (χ1n) is 6.95. The summed E-state index contributed by atoms with van der Waals surface area (Å²) in [6.45, 7) is 1.38. The Morgan fingerprint density at radius 2 is 1.68 bits per heavy atom. The molecule has 0 fully saturated rings. The molecule has 0 aromatic heterocycles. The van der Waals surface area contributed by atoms with Crippen molar-refractivity contribution in [3.63, 3.8) is 0 Å². The van der Waals surface area contributed by atoms with Crippen molar-refractivity contribution in [2.24, 2.45) is 0 Å². The maximum Gasteiger partial charge on any atom is 0.247 e. The van der Waals surface area contributed by atoms with E-state index in [2.05, 4.69) is 10.6 Å². The van der Waals surface area contributed by atoms with Gasteiger partial charge < -0.3 is 15.7 Å². The Bertz CT molecular complexity index is 639. The van der Waals surface area contributed by atoms with Gasteiger partial charge >= 0.3 is 0 Å². The average molecular weight is 298 g/mol. The number of amides is 2. The molecule has 3 N–H and O–H groups in total. The number of benzene rings is 2. The number of nitrogens with one attached hydrogen (secondary N) is 2. The van der Waals surface area contributed by atoms with Crippen LogP contribution in [0.15, 0.2) is 54.6 Å². The minimum Gasteiger partial charge on any atom is -0.508 e. The maximum atomic E-state index is 12.3. The van der Waals surface area contributed by atoms with Crippen LogP contribution >= 0.6 is 0 Å². The normalized spacial score (nSPS) is 11.5. The Balaban J connectivity index is 2.08. The van der Waals surface area contributed by atoms with E-state index in [0.717, 1.165) is 5.56 Å². The van der Waals surface area contributed by atoms with Crippen molar-refractivity contribution in [3.8, 4) is 5.75 Å². The molecule has 5 nitrogen and oxygen atoms in total. The van der Waals surface area contributed by atoms with Crippen LogP contribution < -0.4 is 10.6 Å². The van der Waals surface area contributed by atoms with Crippen LogP contribution in [0.1, 0.15) is 12.5 Å². The fraction of sp³-hybridized carbons (Fsp3) is 0.176. The molecule has 0 aliphatic carbocycles. The van der Waals surface area contributed by atoms with Gasteiger partial charge in [-0.2, -0.15) is 0 Å². The number of carbonyl (C=O) groups is 2. The summed E-state index contributed by atoms with van der Waals surface area (Å²) in [5.74, 6) is -0.438. The number of anilines is 1. The highest BCUT2D eigenvalue weighted by Gasteiger charge is 2.20. The highest BCUT2D eigenvalue weighted by molar-refractivity contribution is 5.97. The third-order valence-corrected chi connectivity index (χ3v) is 3.11. The second-order valence-electron chi connectivity index (χ2n) is 4.98. The lowest BCUT2D eigenvalue weighted by atomic mass is 10.1. The van der Waals surface area contributed by atoms with Crippen molar-refractivity contribution in [1.29, 1.82) is 0 Å². The third kappa shape index (κ3) is 4.63. The fourth-order valence-electron chi connectivity index (χ4n) is 2.08. The van der Waals surface area contributed by atoms with Gasteiger partial charge in [-0.3, -0.25) is 9.59 Å². The summed E-state index contributed by atoms with van der Waals surface area (Å²) < 4.78 is 0. The van der Waals surface area contributed by atoms with E-state index in [-0.39, 0.29) is 17.6 Å². The van der Waals surface area contributed by atoms with Gasteiger partial charge in [0.25, 0.3) is 0 Å². The predicted molar refractivity (Wildman–Crippen MR) is 84.5 cm³/mol. The van der Waals surface area contributed by atoms with E-state index >= 15 is 0 Å². The van der Waals surface area contributed by atoms with E-state index in [1.807, 2.05) is 30.3 Å². The minimum atomic E-state index is -0.659. The highest BCUT2D eigenvalue weighted by Crippen LogP contribution is 2.14. The van der Waals surface area contributed by atoms with Crippen molar-refractivity contribution in [3.05, 3.63) is 60.2 Å². The Kier molecular flexibility index (Phi) is 5.14. The molecular formula is C17H18N2O3. The molecule has 0 aliphatic heterocycles. The van der Waals surface area contributed by atoms with Gasteiger partial charge in [0.2, 0.25) is 11.8 Å². The molecule has 0 bridgehead atoms. The number of phenols is 1. The second-order valence-corrected chi connectivity index (χ2v) is 4.98. The molecule has 0 radical (unpaired) electrons. The first kappa shape index (κ1) is 15.6. The first-order valence-corrected chi connectivity index (χ1v) is 6.95. The van der Waals surface area contributed by atoms with E-state index in [1.54, 1.807) is 12.1 Å². The lowest BCUT2D eigenvalue weighted by Gasteiger charge is -2.18. The zero-order valence-electron chi connectivity index (χ0n) is 12.2. The molecule has 0 saturated carbocycles. The van der Waals surface area contributed by atoms with Crippen molar-refractivity contribution in [2.45, 2.75) is 19.4 Å². The van der Waals surface area contributed by atoms with Crippen LogP contribution in [-0.4, -0.2) is 23.0 Å². The van der Waals surface area contributed by atoms with Crippen molar-refractivity contribution in [2.75, 3.05) is 5.32 Å². The van der Waals surface area contributed by atoms with Gasteiger partial charge in [-0.05, 0) is 29.8 Å². The molecule has 114 valence electrons. The average Bonchev–Trinajstić information content (AvgIpc) is 2.49. The van der Waals surface area contributed by atoms with Crippen LogP contribution in [0.4, 0.5) is 5.69 Å². The Morgan fingerprint density at radius 1 is 1.05 bits per heavy atom. The molecule has 22 heavy (non-hydrogen) atoms. The number of rotatable bonds is 5. The zero-order valence-corrected chi connectivity index (χ0v) is 12.2. The molecule has 0 aliphatic rings. The van der Waals surface area contributed by atoms with Crippen LogP contribution in [-0.2, 0) is 16.0 Å². The molecular weight excluding hydrogens is 280 g/mol. The van der Waals surface area contributed by atoms with Crippen LogP contribution in [0.2, 0.25) is 0 Å². The van der Waals surface area contributed by atoms with Gasteiger partial charge in [-0.15, -0.1) is 0 Å². The van der Waals surface area contributed by atoms with Gasteiger partial charge in [0.1, 0.15) is 11.8 Å². The van der Waals surface area contributed by atoms with E-state index in [4.69, 9.17) is 0 Å². The molecule has 2 rings (SSSR count). The number of hydrogen-bond donors (Lipinski definition) is 3. The third-order valence-electron chi connectivity index (χ3n) is 3.11. The smallest absolute Gasteiger partial charge is 0.247 e. The highest BCUT2D eigenvalue weighted by atomic mass is 16.3. The Hall–Kier alpha value is -2.82. The summed E-state index contributed by atoms with van der Waals surface area (Å²) in [5, 5.41) is 14.6. The molecule has 0 spiro atoms. The Labute approximate surface area is 129 Å². The second kappa shape index (κ2) is 7.26. The summed E-state index contributed by atoms with van der Waals surface area (Å²) >= 11 is 0. The lowest BCUT2D eigenvalue weighted by molar-refractivity contribution is -0.125. The summed E-state index contributed by atoms with van der Waals surface area (Å²) in [4.78, 5) is 23.7. The summed E-state index contributed by atoms with van der Waals surface area (Å²) in [6, 6.07) is 15.0. The SMILES string of the molecule is CC(=O)NC(Cc1ccccc1)C(=O)Nc1ccc(O)cc1. The van der Waals surface area contributed by atoms with E-state index in [1.165, 1.54) is 19.1 Å². The number of aromatic hydroxyl groups is 1. The maximum absolute atomic E-state index is 12.3. The minimum absolute atomic E-state index is 0.126. The summed E-state index contributed by atoms with van der Waals surface area (Å²) in [6.07, 6.45) is 0.407. The summed E-state index contributed by atoms with van der Waals surface area (Å²) in [5.41, 5.74) is 1.52. The van der Waals surface area contributed by atoms with E-state index in [9.17, 15) is 14.7 Å². The molecule has 5 heteroatoms. The van der Waals surface area contributed by atoms with Crippen LogP contribution in [0.3, 0.4) is 0 Å². The number of carbonyl (C=O) groups excluding carboxylic acids is 2. The molecule has 2 aromatic carbocycles. The zero-order chi connectivity index (χ0) is 15.9. The van der Waals surface area contributed by atoms with Gasteiger partial charge in [-0.1, -0.05) is 30.3 Å². The van der Waals surface area contributed by atoms with Crippen molar-refractivity contribution in [1.82, 2.24) is 5.32 Å². The lowest BCUT2D eigenvalue weighted by Crippen LogP contribution is -2.44. The summed E-state index contributed by atoms with van der Waals surface area (Å²) in [7, 11) is 0. The predicted octanol–water partition coefficient (Wildman–Crippen LogP) is 2.08. The largest absolute Gasteiger partial charge is 0.508 e. The van der Waals surface area contributed by atoms with E-state index < -0.39 is 6.04 Å². The number of hydrogen-bond acceptors (Lipinski definition) is 3. The standard InChI is InChI=1S/C17H18N2O3/c1-12(20)18-16(11-13-5-3-2-4-6-13)17(22)19-14-7-9-15(21)10-8-14/h2-10,16,21H,11H2,1H3,(H,18,20)(H,19,22). The monoisotopic (exact) mass is 298 g/mol. The van der Waals surface area contributed by atoms with Gasteiger partial charge in [0.05, 0.1) is 0 Å². The molecule has 1 atom stereocenters. The number of phenolic OH excluding ortho intramolecular Hbond substituents is 1. The van der Waals surface area contributed by atoms with Crippen molar-refractivity contribution >= 4 is 17.5 Å². The van der Waals surface area contributed by atoms with Crippen LogP contribution in [0.5, 0.6) is 5.75 Å². The molecule has 0 heterocycles. The topological polar surface area (TPSA) is 78.4 Å².